The lowest BCUT2D eigenvalue weighted by Crippen LogP contribution is -2.65. The van der Waals surface area contributed by atoms with Crippen LogP contribution < -0.4 is 0 Å². The molecule has 1 saturated carbocycles. The molecule has 1 aliphatic carbocycles. The Balaban J connectivity index is 1.95. The summed E-state index contributed by atoms with van der Waals surface area (Å²) in [5.41, 5.74) is 1.04. The Hall–Kier alpha value is -1.49. The fourth-order valence-electron chi connectivity index (χ4n) is 4.20. The second-order valence-corrected chi connectivity index (χ2v) is 6.53. The normalized spacial score (nSPS) is 30.9. The highest BCUT2D eigenvalue weighted by atomic mass is 19.3. The van der Waals surface area contributed by atoms with Gasteiger partial charge in [0.25, 0.3) is 5.92 Å². The Kier molecular flexibility index (Phi) is 4.41. The van der Waals surface area contributed by atoms with E-state index in [-0.39, 0.29) is 25.1 Å². The van der Waals surface area contributed by atoms with Gasteiger partial charge in [-0.1, -0.05) is 30.3 Å². The van der Waals surface area contributed by atoms with Crippen LogP contribution in [0.15, 0.2) is 30.3 Å². The summed E-state index contributed by atoms with van der Waals surface area (Å²) in [5.74, 6) is -4.24. The van der Waals surface area contributed by atoms with Gasteiger partial charge in [-0.3, -0.25) is 9.69 Å². The zero-order valence-electron chi connectivity index (χ0n) is 13.5. The van der Waals surface area contributed by atoms with Gasteiger partial charge in [0.2, 0.25) is 0 Å². The van der Waals surface area contributed by atoms with Crippen molar-refractivity contribution in [1.29, 1.82) is 0 Å². The number of hydrogen-bond donors (Lipinski definition) is 0. The summed E-state index contributed by atoms with van der Waals surface area (Å²) < 4.78 is 33.8. The minimum atomic E-state index is -2.78. The Morgan fingerprint density at radius 1 is 1.35 bits per heavy atom. The molecule has 0 unspecified atom stereocenters. The van der Waals surface area contributed by atoms with Gasteiger partial charge in [0.15, 0.2) is 0 Å². The molecule has 1 aromatic rings. The monoisotopic (exact) mass is 323 g/mol. The lowest BCUT2D eigenvalue weighted by molar-refractivity contribution is -0.207. The van der Waals surface area contributed by atoms with E-state index in [2.05, 4.69) is 0 Å². The number of fused-ring (bicyclic) bond motifs is 3. The van der Waals surface area contributed by atoms with Gasteiger partial charge in [-0.05, 0) is 32.3 Å². The van der Waals surface area contributed by atoms with Crippen LogP contribution in [0.25, 0.3) is 0 Å². The molecule has 4 atom stereocenters. The standard InChI is InChI=1S/C18H23F2NO2/c1-3-23-17(22)16-15-10-9-14(11-18(15,19)20)21(16)12(2)13-7-5-4-6-8-13/h4-8,12,14-16H,3,9-11H2,1-2H3/t12-,14-,15+,16-/m1/s1. The average molecular weight is 323 g/mol. The van der Waals surface area contributed by atoms with E-state index in [1.54, 1.807) is 6.92 Å². The van der Waals surface area contributed by atoms with Gasteiger partial charge in [0.05, 0.1) is 6.61 Å². The van der Waals surface area contributed by atoms with Crippen LogP contribution >= 0.6 is 0 Å². The van der Waals surface area contributed by atoms with Crippen molar-refractivity contribution < 1.29 is 18.3 Å². The van der Waals surface area contributed by atoms with Gasteiger partial charge in [-0.15, -0.1) is 0 Å². The predicted molar refractivity (Wildman–Crippen MR) is 83.2 cm³/mol. The number of ether oxygens (including phenoxy) is 1. The van der Waals surface area contributed by atoms with Crippen molar-refractivity contribution >= 4 is 5.97 Å². The number of halogens is 2. The first kappa shape index (κ1) is 16.4. The first-order valence-electron chi connectivity index (χ1n) is 8.32. The SMILES string of the molecule is CCOC(=O)[C@H]1[C@@H]2CC[C@H](CC2(F)F)N1[C@H](C)c1ccccc1. The number of alkyl halides is 2. The van der Waals surface area contributed by atoms with Crippen molar-refractivity contribution in [3.63, 3.8) is 0 Å². The van der Waals surface area contributed by atoms with E-state index in [1.165, 1.54) is 0 Å². The van der Waals surface area contributed by atoms with Gasteiger partial charge in [-0.2, -0.15) is 0 Å². The van der Waals surface area contributed by atoms with E-state index in [0.717, 1.165) is 5.56 Å². The molecule has 0 aromatic heterocycles. The highest BCUT2D eigenvalue weighted by Crippen LogP contribution is 2.51. The molecule has 0 radical (unpaired) electrons. The zero-order chi connectivity index (χ0) is 16.6. The molecular weight excluding hydrogens is 300 g/mol. The summed E-state index contributed by atoms with van der Waals surface area (Å²) >= 11 is 0. The summed E-state index contributed by atoms with van der Waals surface area (Å²) in [6.07, 6.45) is 0.942. The van der Waals surface area contributed by atoms with E-state index in [1.807, 2.05) is 42.2 Å². The van der Waals surface area contributed by atoms with Crippen LogP contribution in [0.1, 0.15) is 44.7 Å². The van der Waals surface area contributed by atoms with Crippen molar-refractivity contribution in [2.75, 3.05) is 6.61 Å². The van der Waals surface area contributed by atoms with E-state index >= 15 is 0 Å². The third-order valence-corrected chi connectivity index (χ3v) is 5.24. The van der Waals surface area contributed by atoms with Gasteiger partial charge in [0.1, 0.15) is 6.04 Å². The molecule has 4 rings (SSSR count). The number of nitrogens with zero attached hydrogens (tertiary/aromatic N) is 1. The first-order chi connectivity index (χ1) is 11.0. The molecule has 5 heteroatoms. The number of benzene rings is 1. The molecule has 2 heterocycles. The molecule has 3 aliphatic rings. The number of piperidine rings is 2. The molecule has 2 bridgehead atoms. The molecule has 3 fully saturated rings. The van der Waals surface area contributed by atoms with Gasteiger partial charge in [0, 0.05) is 24.4 Å². The lowest BCUT2D eigenvalue weighted by atomic mass is 9.71. The van der Waals surface area contributed by atoms with E-state index in [9.17, 15) is 13.6 Å². The maximum Gasteiger partial charge on any atom is 0.323 e. The van der Waals surface area contributed by atoms with Gasteiger partial charge in [-0.25, -0.2) is 8.78 Å². The molecule has 23 heavy (non-hydrogen) atoms. The van der Waals surface area contributed by atoms with E-state index in [4.69, 9.17) is 4.74 Å². The smallest absolute Gasteiger partial charge is 0.323 e. The van der Waals surface area contributed by atoms with Crippen LogP contribution in [-0.4, -0.2) is 35.5 Å². The summed E-state index contributed by atoms with van der Waals surface area (Å²) in [6.45, 7) is 3.91. The fraction of sp³-hybridized carbons (Fsp3) is 0.611. The average Bonchev–Trinajstić information content (AvgIpc) is 2.54. The Labute approximate surface area is 135 Å². The maximum atomic E-state index is 14.4. The minimum absolute atomic E-state index is 0.0884. The molecule has 3 nitrogen and oxygen atoms in total. The first-order valence-corrected chi connectivity index (χ1v) is 8.32. The molecule has 0 amide bonds. The van der Waals surface area contributed by atoms with Crippen LogP contribution in [0.2, 0.25) is 0 Å². The third kappa shape index (κ3) is 2.87. The molecule has 0 spiro atoms. The number of hydrogen-bond acceptors (Lipinski definition) is 3. The summed E-state index contributed by atoms with van der Waals surface area (Å²) in [4.78, 5) is 14.4. The van der Waals surface area contributed by atoms with E-state index < -0.39 is 23.9 Å². The zero-order valence-corrected chi connectivity index (χ0v) is 13.5. The van der Waals surface area contributed by atoms with Gasteiger partial charge < -0.3 is 4.74 Å². The van der Waals surface area contributed by atoms with Crippen LogP contribution in [0.3, 0.4) is 0 Å². The second-order valence-electron chi connectivity index (χ2n) is 6.53. The number of esters is 1. The molecule has 2 saturated heterocycles. The number of carbonyl (C=O) groups is 1. The maximum absolute atomic E-state index is 14.4. The highest BCUT2D eigenvalue weighted by Gasteiger charge is 2.60. The van der Waals surface area contributed by atoms with Crippen LogP contribution in [-0.2, 0) is 9.53 Å². The Bertz CT molecular complexity index is 563. The topological polar surface area (TPSA) is 29.5 Å². The fourth-order valence-corrected chi connectivity index (χ4v) is 4.20. The predicted octanol–water partition coefficient (Wildman–Crippen LogP) is 3.80. The largest absolute Gasteiger partial charge is 0.465 e. The molecule has 126 valence electrons. The third-order valence-electron chi connectivity index (χ3n) is 5.24. The van der Waals surface area contributed by atoms with Crippen LogP contribution in [0.5, 0.6) is 0 Å². The quantitative estimate of drug-likeness (QED) is 0.789. The summed E-state index contributed by atoms with van der Waals surface area (Å²) in [7, 11) is 0. The second kappa shape index (κ2) is 6.19. The minimum Gasteiger partial charge on any atom is -0.465 e. The molecule has 0 N–H and O–H groups in total. The van der Waals surface area contributed by atoms with Crippen molar-refractivity contribution in [2.24, 2.45) is 5.92 Å². The molecule has 2 aliphatic heterocycles. The van der Waals surface area contributed by atoms with Crippen molar-refractivity contribution in [2.45, 2.75) is 57.2 Å². The van der Waals surface area contributed by atoms with Crippen LogP contribution in [0.4, 0.5) is 8.78 Å². The van der Waals surface area contributed by atoms with Crippen molar-refractivity contribution in [3.8, 4) is 0 Å². The summed E-state index contributed by atoms with van der Waals surface area (Å²) in [5, 5.41) is 0. The van der Waals surface area contributed by atoms with E-state index in [0.29, 0.717) is 12.8 Å². The Morgan fingerprint density at radius 3 is 2.65 bits per heavy atom. The molecular formula is C18H23F2NO2. The van der Waals surface area contributed by atoms with Crippen molar-refractivity contribution in [3.05, 3.63) is 35.9 Å². The van der Waals surface area contributed by atoms with Gasteiger partial charge >= 0.3 is 5.97 Å². The summed E-state index contributed by atoms with van der Waals surface area (Å²) in [6, 6.07) is 8.53. The number of carbonyl (C=O) groups excluding carboxylic acids is 1. The van der Waals surface area contributed by atoms with Crippen molar-refractivity contribution in [1.82, 2.24) is 4.90 Å². The number of rotatable bonds is 4. The highest BCUT2D eigenvalue weighted by molar-refractivity contribution is 5.77. The Morgan fingerprint density at radius 2 is 2.04 bits per heavy atom. The van der Waals surface area contributed by atoms with Crippen LogP contribution in [0, 0.1) is 5.92 Å². The molecule has 1 aromatic carbocycles. The lowest BCUT2D eigenvalue weighted by Gasteiger charge is -2.55.